The van der Waals surface area contributed by atoms with Gasteiger partial charge in [0.25, 0.3) is 11.1 Å². The highest BCUT2D eigenvalue weighted by Gasteiger charge is 2.27. The molecule has 4 heterocycles. The lowest BCUT2D eigenvalue weighted by atomic mass is 10.1. The summed E-state index contributed by atoms with van der Waals surface area (Å²) in [7, 11) is 1.77. The molecule has 2 fully saturated rings. The number of H-pyrrole nitrogens is 2. The molecule has 3 atom stereocenters. The molecule has 0 amide bonds. The highest BCUT2D eigenvalue weighted by atomic mass is 32.1. The van der Waals surface area contributed by atoms with E-state index in [0.717, 1.165) is 50.9 Å². The average Bonchev–Trinajstić information content (AvgIpc) is 3.55. The highest BCUT2D eigenvalue weighted by Crippen LogP contribution is 2.32. The summed E-state index contributed by atoms with van der Waals surface area (Å²) in [5, 5.41) is 0.547. The Kier molecular flexibility index (Phi) is 7.05. The molecule has 200 valence electrons. The Morgan fingerprint density at radius 2 is 2.11 bits per heavy atom. The van der Waals surface area contributed by atoms with Gasteiger partial charge in [0.1, 0.15) is 23.1 Å². The standard InChI is InChI=1S/C28H32N4O5S/c1-3-17-12-19(15-36-17)37-23-11-16(13-32-9-5-6-18(14-32)35-2)10-22-25(23)30-24(28(34)29-22)20-7-4-8-21-26(20)38-31-27(21)33/h4,7-8,10-11,17-19H,3,5-6,9,12-15H2,1-2H3,(H,29,34)(H,31,33)/t17-,18?,19?/m1/s1. The van der Waals surface area contributed by atoms with Gasteiger partial charge in [-0.3, -0.25) is 18.9 Å². The van der Waals surface area contributed by atoms with Gasteiger partial charge in [-0.2, -0.15) is 0 Å². The van der Waals surface area contributed by atoms with Crippen LogP contribution in [0.4, 0.5) is 0 Å². The molecule has 0 aliphatic carbocycles. The maximum absolute atomic E-state index is 13.3. The molecular weight excluding hydrogens is 504 g/mol. The maximum atomic E-state index is 13.3. The number of hydrogen-bond acceptors (Lipinski definition) is 8. The summed E-state index contributed by atoms with van der Waals surface area (Å²) < 4.78 is 21.5. The molecule has 0 bridgehead atoms. The largest absolute Gasteiger partial charge is 0.486 e. The van der Waals surface area contributed by atoms with Gasteiger partial charge in [0.15, 0.2) is 0 Å². The summed E-state index contributed by atoms with van der Waals surface area (Å²) in [6, 6.07) is 9.39. The van der Waals surface area contributed by atoms with Gasteiger partial charge in [-0.1, -0.05) is 30.6 Å². The topological polar surface area (TPSA) is 110 Å². The quantitative estimate of drug-likeness (QED) is 0.367. The Morgan fingerprint density at radius 3 is 2.92 bits per heavy atom. The van der Waals surface area contributed by atoms with Crippen molar-refractivity contribution in [2.24, 2.45) is 0 Å². The molecule has 2 aromatic carbocycles. The summed E-state index contributed by atoms with van der Waals surface area (Å²) in [6.07, 6.45) is 4.25. The van der Waals surface area contributed by atoms with Gasteiger partial charge < -0.3 is 19.2 Å². The van der Waals surface area contributed by atoms with Crippen LogP contribution in [-0.4, -0.2) is 64.4 Å². The van der Waals surface area contributed by atoms with Crippen LogP contribution < -0.4 is 15.9 Å². The summed E-state index contributed by atoms with van der Waals surface area (Å²) in [5.41, 5.74) is 2.69. The van der Waals surface area contributed by atoms with Crippen LogP contribution in [0.2, 0.25) is 0 Å². The van der Waals surface area contributed by atoms with Crippen molar-refractivity contribution in [1.82, 2.24) is 19.2 Å². The van der Waals surface area contributed by atoms with Gasteiger partial charge in [0.2, 0.25) is 0 Å². The molecule has 2 aromatic heterocycles. The fourth-order valence-corrected chi connectivity index (χ4v) is 6.42. The molecule has 6 rings (SSSR count). The normalized spacial score (nSPS) is 22.4. The summed E-state index contributed by atoms with van der Waals surface area (Å²) >= 11 is 1.21. The number of ether oxygens (including phenoxy) is 3. The lowest BCUT2D eigenvalue weighted by Gasteiger charge is -2.32. The molecule has 4 aromatic rings. The van der Waals surface area contributed by atoms with Crippen molar-refractivity contribution in [3.8, 4) is 17.0 Å². The highest BCUT2D eigenvalue weighted by molar-refractivity contribution is 7.13. The molecule has 0 spiro atoms. The smallest absolute Gasteiger partial charge is 0.275 e. The van der Waals surface area contributed by atoms with Gasteiger partial charge in [-0.25, -0.2) is 4.98 Å². The van der Waals surface area contributed by atoms with E-state index in [9.17, 15) is 9.59 Å². The van der Waals surface area contributed by atoms with Gasteiger partial charge >= 0.3 is 0 Å². The number of benzene rings is 2. The van der Waals surface area contributed by atoms with Crippen molar-refractivity contribution in [2.75, 3.05) is 26.8 Å². The molecule has 2 N–H and O–H groups in total. The van der Waals surface area contributed by atoms with Crippen LogP contribution in [0.1, 0.15) is 38.2 Å². The molecule has 10 heteroatoms. The first-order chi connectivity index (χ1) is 18.5. The van der Waals surface area contributed by atoms with Crippen LogP contribution in [0.3, 0.4) is 0 Å². The number of hydrogen-bond donors (Lipinski definition) is 2. The minimum Gasteiger partial charge on any atom is -0.486 e. The fourth-order valence-electron chi connectivity index (χ4n) is 5.57. The van der Waals surface area contributed by atoms with Gasteiger partial charge in [0.05, 0.1) is 34.4 Å². The number of rotatable bonds is 7. The Labute approximate surface area is 223 Å². The predicted octanol–water partition coefficient (Wildman–Crippen LogP) is 4.05. The number of likely N-dealkylation sites (tertiary alicyclic amines) is 1. The van der Waals surface area contributed by atoms with Crippen molar-refractivity contribution in [1.29, 1.82) is 0 Å². The number of aromatic nitrogens is 3. The lowest BCUT2D eigenvalue weighted by molar-refractivity contribution is 0.0285. The monoisotopic (exact) mass is 536 g/mol. The van der Waals surface area contributed by atoms with Crippen LogP contribution in [0.25, 0.3) is 32.4 Å². The second kappa shape index (κ2) is 10.6. The van der Waals surface area contributed by atoms with E-state index in [4.69, 9.17) is 19.2 Å². The van der Waals surface area contributed by atoms with E-state index in [1.54, 1.807) is 19.2 Å². The molecule has 2 aliphatic rings. The van der Waals surface area contributed by atoms with Crippen LogP contribution >= 0.6 is 11.5 Å². The molecule has 0 radical (unpaired) electrons. The number of aromatic amines is 2. The number of nitrogens with one attached hydrogen (secondary N) is 2. The van der Waals surface area contributed by atoms with Gasteiger partial charge in [0, 0.05) is 32.2 Å². The predicted molar refractivity (Wildman–Crippen MR) is 148 cm³/mol. The van der Waals surface area contributed by atoms with Gasteiger partial charge in [-0.15, -0.1) is 0 Å². The third kappa shape index (κ3) is 4.89. The number of methoxy groups -OCH3 is 1. The summed E-state index contributed by atoms with van der Waals surface area (Å²) in [5.74, 6) is 0.634. The van der Waals surface area contributed by atoms with Crippen molar-refractivity contribution < 1.29 is 14.2 Å². The van der Waals surface area contributed by atoms with Crippen molar-refractivity contribution in [2.45, 2.75) is 57.5 Å². The maximum Gasteiger partial charge on any atom is 0.275 e. The fraction of sp³-hybridized carbons (Fsp3) is 0.464. The Bertz CT molecular complexity index is 1580. The first kappa shape index (κ1) is 25.2. The zero-order chi connectivity index (χ0) is 26.2. The molecule has 38 heavy (non-hydrogen) atoms. The molecular formula is C28H32N4O5S. The van der Waals surface area contributed by atoms with E-state index in [0.29, 0.717) is 39.0 Å². The Morgan fingerprint density at radius 1 is 1.21 bits per heavy atom. The van der Waals surface area contributed by atoms with Gasteiger partial charge in [-0.05, 0) is 49.6 Å². The van der Waals surface area contributed by atoms with E-state index in [1.165, 1.54) is 11.5 Å². The first-order valence-corrected chi connectivity index (χ1v) is 14.0. The van der Waals surface area contributed by atoms with Crippen molar-refractivity contribution in [3.05, 3.63) is 56.6 Å². The Balaban J connectivity index is 1.43. The molecule has 2 aliphatic heterocycles. The lowest BCUT2D eigenvalue weighted by Crippen LogP contribution is -2.38. The van der Waals surface area contributed by atoms with E-state index in [1.807, 2.05) is 18.2 Å². The zero-order valence-corrected chi connectivity index (χ0v) is 22.4. The van der Waals surface area contributed by atoms with Crippen LogP contribution in [-0.2, 0) is 16.0 Å². The van der Waals surface area contributed by atoms with Crippen LogP contribution in [0, 0.1) is 0 Å². The van der Waals surface area contributed by atoms with Crippen molar-refractivity contribution in [3.63, 3.8) is 0 Å². The van der Waals surface area contributed by atoms with E-state index in [-0.39, 0.29) is 35.1 Å². The molecule has 2 unspecified atom stereocenters. The number of fused-ring (bicyclic) bond motifs is 2. The van der Waals surface area contributed by atoms with E-state index < -0.39 is 0 Å². The minimum absolute atomic E-state index is 0.0817. The van der Waals surface area contributed by atoms with E-state index in [2.05, 4.69) is 21.2 Å². The van der Waals surface area contributed by atoms with Crippen molar-refractivity contribution >= 4 is 32.7 Å². The molecule has 2 saturated heterocycles. The summed E-state index contributed by atoms with van der Waals surface area (Å²) in [6.45, 7) is 5.24. The Hall–Kier alpha value is -3.05. The SMILES string of the molecule is CC[C@@H]1CC(Oc2cc(CN3CCCC(OC)C3)cc3[nH]c(=O)c(-c4cccc5c(=O)[nH]sc45)nc23)CO1. The third-order valence-corrected chi connectivity index (χ3v) is 8.51. The van der Waals surface area contributed by atoms with Crippen LogP contribution in [0.5, 0.6) is 5.75 Å². The van der Waals surface area contributed by atoms with E-state index >= 15 is 0 Å². The number of piperidine rings is 1. The molecule has 9 nitrogen and oxygen atoms in total. The average molecular weight is 537 g/mol. The minimum atomic E-state index is -0.304. The van der Waals surface area contributed by atoms with Crippen LogP contribution in [0.15, 0.2) is 39.9 Å². The zero-order valence-electron chi connectivity index (χ0n) is 21.6. The first-order valence-electron chi connectivity index (χ1n) is 13.2. The third-order valence-electron chi connectivity index (χ3n) is 7.58. The number of nitrogens with zero attached hydrogens (tertiary/aromatic N) is 2. The second-order valence-corrected chi connectivity index (χ2v) is 11.0. The molecule has 0 saturated carbocycles. The summed E-state index contributed by atoms with van der Waals surface area (Å²) in [4.78, 5) is 35.8. The second-order valence-electron chi connectivity index (χ2n) is 10.2.